The summed E-state index contributed by atoms with van der Waals surface area (Å²) in [5.41, 5.74) is 0.311. The van der Waals surface area contributed by atoms with Gasteiger partial charge in [0.05, 0.1) is 5.56 Å². The van der Waals surface area contributed by atoms with Crippen LogP contribution in [0.3, 0.4) is 0 Å². The van der Waals surface area contributed by atoms with Gasteiger partial charge in [0.1, 0.15) is 5.82 Å². The van der Waals surface area contributed by atoms with E-state index in [-0.39, 0.29) is 0 Å². The van der Waals surface area contributed by atoms with Crippen molar-refractivity contribution in [2.75, 3.05) is 5.32 Å². The van der Waals surface area contributed by atoms with Crippen molar-refractivity contribution in [3.63, 3.8) is 0 Å². The van der Waals surface area contributed by atoms with Crippen LogP contribution in [0.2, 0.25) is 0 Å². The summed E-state index contributed by atoms with van der Waals surface area (Å²) in [5.74, 6) is -0.213. The Kier molecular flexibility index (Phi) is 3.07. The van der Waals surface area contributed by atoms with E-state index in [2.05, 4.69) is 10.3 Å². The monoisotopic (exact) mass is 256 g/mol. The molecule has 0 atom stereocenters. The van der Waals surface area contributed by atoms with Crippen LogP contribution in [0, 0.1) is 0 Å². The zero-order valence-electron chi connectivity index (χ0n) is 10.6. The summed E-state index contributed by atoms with van der Waals surface area (Å²) in [6, 6.07) is 7.59. The van der Waals surface area contributed by atoms with Crippen molar-refractivity contribution in [3.8, 4) is 0 Å². The summed E-state index contributed by atoms with van der Waals surface area (Å²) in [6.07, 6.45) is 6.45. The van der Waals surface area contributed by atoms with Crippen LogP contribution in [0.5, 0.6) is 0 Å². The van der Waals surface area contributed by atoms with Crippen LogP contribution in [0.4, 0.5) is 5.82 Å². The summed E-state index contributed by atoms with van der Waals surface area (Å²) in [5, 5.41) is 14.3. The number of anilines is 1. The third kappa shape index (κ3) is 2.26. The Bertz CT molecular complexity index is 613. The van der Waals surface area contributed by atoms with Gasteiger partial charge in [-0.1, -0.05) is 25.0 Å². The van der Waals surface area contributed by atoms with Gasteiger partial charge < -0.3 is 10.4 Å². The highest BCUT2D eigenvalue weighted by Gasteiger charge is 2.18. The molecule has 0 saturated heterocycles. The Morgan fingerprint density at radius 2 is 2.05 bits per heavy atom. The SMILES string of the molecule is O=C(O)c1cccc2ccnc(NC3CCCC3)c12. The molecule has 1 aromatic heterocycles. The van der Waals surface area contributed by atoms with Gasteiger partial charge in [-0.05, 0) is 30.4 Å². The molecule has 0 radical (unpaired) electrons. The van der Waals surface area contributed by atoms with Gasteiger partial charge in [-0.3, -0.25) is 0 Å². The van der Waals surface area contributed by atoms with Gasteiger partial charge in [0.2, 0.25) is 0 Å². The third-order valence-electron chi connectivity index (χ3n) is 3.72. The van der Waals surface area contributed by atoms with Crippen LogP contribution in [-0.4, -0.2) is 22.1 Å². The van der Waals surface area contributed by atoms with Crippen LogP contribution in [0.15, 0.2) is 30.5 Å². The van der Waals surface area contributed by atoms with E-state index in [0.717, 1.165) is 18.2 Å². The molecule has 0 aliphatic heterocycles. The molecule has 1 heterocycles. The minimum Gasteiger partial charge on any atom is -0.478 e. The molecule has 0 bridgehead atoms. The van der Waals surface area contributed by atoms with Gasteiger partial charge in [0.15, 0.2) is 0 Å². The molecule has 0 unspecified atom stereocenters. The van der Waals surface area contributed by atoms with Crippen molar-refractivity contribution in [1.29, 1.82) is 0 Å². The van der Waals surface area contributed by atoms with Gasteiger partial charge in [-0.25, -0.2) is 9.78 Å². The van der Waals surface area contributed by atoms with Gasteiger partial charge in [0.25, 0.3) is 0 Å². The van der Waals surface area contributed by atoms with Crippen molar-refractivity contribution in [3.05, 3.63) is 36.0 Å². The fourth-order valence-electron chi connectivity index (χ4n) is 2.78. The predicted molar refractivity (Wildman–Crippen MR) is 74.6 cm³/mol. The number of nitrogens with zero attached hydrogens (tertiary/aromatic N) is 1. The lowest BCUT2D eigenvalue weighted by Crippen LogP contribution is -2.16. The number of benzene rings is 1. The highest BCUT2D eigenvalue weighted by Crippen LogP contribution is 2.28. The first kappa shape index (κ1) is 12.0. The maximum atomic E-state index is 11.3. The Morgan fingerprint density at radius 3 is 2.79 bits per heavy atom. The molecule has 3 rings (SSSR count). The first-order chi connectivity index (χ1) is 9.25. The van der Waals surface area contributed by atoms with E-state index in [0.29, 0.717) is 22.8 Å². The molecule has 2 N–H and O–H groups in total. The van der Waals surface area contributed by atoms with Crippen LogP contribution in [0.1, 0.15) is 36.0 Å². The molecule has 4 nitrogen and oxygen atoms in total. The molecule has 1 aliphatic carbocycles. The average Bonchev–Trinajstić information content (AvgIpc) is 2.91. The molecule has 2 aromatic rings. The van der Waals surface area contributed by atoms with Crippen LogP contribution in [-0.2, 0) is 0 Å². The zero-order valence-corrected chi connectivity index (χ0v) is 10.6. The van der Waals surface area contributed by atoms with E-state index in [1.807, 2.05) is 12.1 Å². The highest BCUT2D eigenvalue weighted by atomic mass is 16.4. The first-order valence-electron chi connectivity index (χ1n) is 6.63. The van der Waals surface area contributed by atoms with E-state index in [1.165, 1.54) is 12.8 Å². The smallest absolute Gasteiger partial charge is 0.336 e. The number of aromatic nitrogens is 1. The maximum absolute atomic E-state index is 11.3. The fourth-order valence-corrected chi connectivity index (χ4v) is 2.78. The van der Waals surface area contributed by atoms with E-state index < -0.39 is 5.97 Å². The topological polar surface area (TPSA) is 62.2 Å². The number of pyridine rings is 1. The first-order valence-corrected chi connectivity index (χ1v) is 6.63. The molecular weight excluding hydrogens is 240 g/mol. The second-order valence-electron chi connectivity index (χ2n) is 4.99. The minimum atomic E-state index is -0.909. The van der Waals surface area contributed by atoms with Crippen molar-refractivity contribution < 1.29 is 9.90 Å². The Labute approximate surface area is 111 Å². The minimum absolute atomic E-state index is 0.311. The molecule has 1 saturated carbocycles. The molecule has 19 heavy (non-hydrogen) atoms. The molecule has 0 spiro atoms. The Hall–Kier alpha value is -2.10. The predicted octanol–water partition coefficient (Wildman–Crippen LogP) is 3.29. The summed E-state index contributed by atoms with van der Waals surface area (Å²) in [6.45, 7) is 0. The molecule has 4 heteroatoms. The van der Waals surface area contributed by atoms with E-state index in [9.17, 15) is 9.90 Å². The fraction of sp³-hybridized carbons (Fsp3) is 0.333. The molecule has 1 aromatic carbocycles. The molecule has 1 fully saturated rings. The number of hydrogen-bond donors (Lipinski definition) is 2. The lowest BCUT2D eigenvalue weighted by Gasteiger charge is -2.15. The summed E-state index contributed by atoms with van der Waals surface area (Å²) >= 11 is 0. The second-order valence-corrected chi connectivity index (χ2v) is 4.99. The number of carboxylic acids is 1. The number of rotatable bonds is 3. The summed E-state index contributed by atoms with van der Waals surface area (Å²) in [4.78, 5) is 15.7. The standard InChI is InChI=1S/C15H16N2O2/c18-15(19)12-7-3-4-10-8-9-16-14(13(10)12)17-11-5-1-2-6-11/h3-4,7-9,11H,1-2,5-6H2,(H,16,17)(H,18,19). The van der Waals surface area contributed by atoms with Crippen LogP contribution < -0.4 is 5.32 Å². The summed E-state index contributed by atoms with van der Waals surface area (Å²) < 4.78 is 0. The van der Waals surface area contributed by atoms with Gasteiger partial charge in [0, 0.05) is 17.6 Å². The van der Waals surface area contributed by atoms with Crippen molar-refractivity contribution in [2.45, 2.75) is 31.7 Å². The second kappa shape index (κ2) is 4.88. The van der Waals surface area contributed by atoms with E-state index in [4.69, 9.17) is 0 Å². The Balaban J connectivity index is 2.09. The lowest BCUT2D eigenvalue weighted by molar-refractivity contribution is 0.0699. The van der Waals surface area contributed by atoms with E-state index in [1.54, 1.807) is 18.3 Å². The molecule has 0 amide bonds. The zero-order chi connectivity index (χ0) is 13.2. The van der Waals surface area contributed by atoms with Crippen molar-refractivity contribution in [2.24, 2.45) is 0 Å². The number of carboxylic acid groups (broad SMARTS) is 1. The largest absolute Gasteiger partial charge is 0.478 e. The van der Waals surface area contributed by atoms with Crippen LogP contribution in [0.25, 0.3) is 10.8 Å². The third-order valence-corrected chi connectivity index (χ3v) is 3.72. The summed E-state index contributed by atoms with van der Waals surface area (Å²) in [7, 11) is 0. The maximum Gasteiger partial charge on any atom is 0.336 e. The number of nitrogens with one attached hydrogen (secondary N) is 1. The normalized spacial score (nSPS) is 15.8. The number of fused-ring (bicyclic) bond motifs is 1. The number of aromatic carboxylic acids is 1. The molecular formula is C15H16N2O2. The van der Waals surface area contributed by atoms with Gasteiger partial charge in [-0.2, -0.15) is 0 Å². The molecule has 98 valence electrons. The van der Waals surface area contributed by atoms with E-state index >= 15 is 0 Å². The van der Waals surface area contributed by atoms with Crippen molar-refractivity contribution in [1.82, 2.24) is 4.98 Å². The average molecular weight is 256 g/mol. The van der Waals surface area contributed by atoms with Gasteiger partial charge in [-0.15, -0.1) is 0 Å². The highest BCUT2D eigenvalue weighted by molar-refractivity contribution is 6.08. The van der Waals surface area contributed by atoms with Gasteiger partial charge >= 0.3 is 5.97 Å². The van der Waals surface area contributed by atoms with Crippen molar-refractivity contribution >= 4 is 22.6 Å². The lowest BCUT2D eigenvalue weighted by atomic mass is 10.1. The molecule has 1 aliphatic rings. The van der Waals surface area contributed by atoms with Crippen LogP contribution >= 0.6 is 0 Å². The Morgan fingerprint density at radius 1 is 1.26 bits per heavy atom. The quantitative estimate of drug-likeness (QED) is 0.884. The number of hydrogen-bond acceptors (Lipinski definition) is 3. The number of carbonyl (C=O) groups is 1.